The van der Waals surface area contributed by atoms with E-state index in [9.17, 15) is 4.39 Å². The van der Waals surface area contributed by atoms with Gasteiger partial charge in [-0.3, -0.25) is 0 Å². The number of halogens is 1. The van der Waals surface area contributed by atoms with E-state index in [1.807, 2.05) is 0 Å². The van der Waals surface area contributed by atoms with Gasteiger partial charge < -0.3 is 11.1 Å². The Labute approximate surface area is 84.3 Å². The Kier molecular flexibility index (Phi) is 3.74. The maximum atomic E-state index is 12.9. The van der Waals surface area contributed by atoms with Crippen LogP contribution in [0.1, 0.15) is 26.7 Å². The molecular formula is C11H17FN2. The number of benzene rings is 1. The fraction of sp³-hybridized carbons (Fsp3) is 0.455. The monoisotopic (exact) mass is 196 g/mol. The highest BCUT2D eigenvalue weighted by atomic mass is 19.1. The summed E-state index contributed by atoms with van der Waals surface area (Å²) in [5, 5.41) is 3.20. The fourth-order valence-electron chi connectivity index (χ4n) is 1.49. The zero-order chi connectivity index (χ0) is 10.6. The van der Waals surface area contributed by atoms with Crippen molar-refractivity contribution in [1.82, 2.24) is 0 Å². The molecule has 1 aromatic rings. The molecule has 0 aromatic heterocycles. The van der Waals surface area contributed by atoms with E-state index in [1.165, 1.54) is 12.1 Å². The highest BCUT2D eigenvalue weighted by Crippen LogP contribution is 2.17. The summed E-state index contributed by atoms with van der Waals surface area (Å²) in [6, 6.07) is 4.87. The largest absolute Gasteiger partial charge is 0.399 e. The molecule has 0 amide bonds. The van der Waals surface area contributed by atoms with Crippen molar-refractivity contribution < 1.29 is 4.39 Å². The summed E-state index contributed by atoms with van der Waals surface area (Å²) in [6.45, 7) is 4.20. The van der Waals surface area contributed by atoms with E-state index in [0.29, 0.717) is 11.7 Å². The van der Waals surface area contributed by atoms with Gasteiger partial charge in [0, 0.05) is 17.4 Å². The van der Waals surface area contributed by atoms with Gasteiger partial charge in [0.1, 0.15) is 5.82 Å². The van der Waals surface area contributed by atoms with Crippen molar-refractivity contribution in [3.8, 4) is 0 Å². The van der Waals surface area contributed by atoms with Crippen LogP contribution in [-0.2, 0) is 0 Å². The maximum Gasteiger partial charge on any atom is 0.127 e. The molecular weight excluding hydrogens is 179 g/mol. The third kappa shape index (κ3) is 3.24. The number of rotatable bonds is 4. The summed E-state index contributed by atoms with van der Waals surface area (Å²) in [4.78, 5) is 0. The lowest BCUT2D eigenvalue weighted by Crippen LogP contribution is -2.14. The molecule has 0 spiro atoms. The predicted octanol–water partition coefficient (Wildman–Crippen LogP) is 3.01. The van der Waals surface area contributed by atoms with E-state index in [1.54, 1.807) is 6.07 Å². The van der Waals surface area contributed by atoms with Gasteiger partial charge in [0.15, 0.2) is 0 Å². The lowest BCUT2D eigenvalue weighted by molar-refractivity contribution is 0.627. The number of nitrogens with one attached hydrogen (secondary N) is 1. The van der Waals surface area contributed by atoms with E-state index >= 15 is 0 Å². The van der Waals surface area contributed by atoms with Crippen molar-refractivity contribution in [2.75, 3.05) is 11.1 Å². The van der Waals surface area contributed by atoms with E-state index in [2.05, 4.69) is 19.2 Å². The number of hydrogen-bond acceptors (Lipinski definition) is 2. The molecule has 78 valence electrons. The smallest absolute Gasteiger partial charge is 0.127 e. The molecule has 0 radical (unpaired) electrons. The Morgan fingerprint density at radius 1 is 1.43 bits per heavy atom. The van der Waals surface area contributed by atoms with Crippen molar-refractivity contribution in [1.29, 1.82) is 0 Å². The van der Waals surface area contributed by atoms with Gasteiger partial charge in [-0.15, -0.1) is 0 Å². The molecule has 1 unspecified atom stereocenters. The summed E-state index contributed by atoms with van der Waals surface area (Å²) in [7, 11) is 0. The lowest BCUT2D eigenvalue weighted by atomic mass is 10.2. The molecule has 1 aromatic carbocycles. The first-order chi connectivity index (χ1) is 6.61. The molecule has 0 fully saturated rings. The molecule has 0 bridgehead atoms. The van der Waals surface area contributed by atoms with E-state index in [-0.39, 0.29) is 5.82 Å². The predicted molar refractivity (Wildman–Crippen MR) is 58.8 cm³/mol. The van der Waals surface area contributed by atoms with Crippen molar-refractivity contribution in [3.05, 3.63) is 24.0 Å². The minimum Gasteiger partial charge on any atom is -0.399 e. The highest BCUT2D eigenvalue weighted by molar-refractivity contribution is 5.54. The second-order valence-corrected chi connectivity index (χ2v) is 3.61. The fourth-order valence-corrected chi connectivity index (χ4v) is 1.49. The van der Waals surface area contributed by atoms with Crippen LogP contribution in [0.25, 0.3) is 0 Å². The molecule has 0 saturated heterocycles. The van der Waals surface area contributed by atoms with E-state index < -0.39 is 0 Å². The Morgan fingerprint density at radius 2 is 2.14 bits per heavy atom. The molecule has 2 nitrogen and oxygen atoms in total. The van der Waals surface area contributed by atoms with Crippen LogP contribution < -0.4 is 11.1 Å². The molecule has 0 heterocycles. The molecule has 0 saturated carbocycles. The first-order valence-electron chi connectivity index (χ1n) is 4.94. The van der Waals surface area contributed by atoms with Crippen LogP contribution in [0.4, 0.5) is 15.8 Å². The Morgan fingerprint density at radius 3 is 2.71 bits per heavy atom. The third-order valence-corrected chi connectivity index (χ3v) is 2.05. The Bertz CT molecular complexity index is 279. The minimum atomic E-state index is -0.295. The minimum absolute atomic E-state index is 0.295. The van der Waals surface area contributed by atoms with Crippen LogP contribution in [0.5, 0.6) is 0 Å². The van der Waals surface area contributed by atoms with E-state index in [4.69, 9.17) is 5.73 Å². The first-order valence-corrected chi connectivity index (χ1v) is 4.94. The standard InChI is InChI=1S/C11H17FN2/c1-3-4-8(2)14-11-6-9(12)5-10(13)7-11/h5-8,14H,3-4,13H2,1-2H3. The van der Waals surface area contributed by atoms with Crippen LogP contribution in [0.2, 0.25) is 0 Å². The van der Waals surface area contributed by atoms with Gasteiger partial charge in [-0.25, -0.2) is 4.39 Å². The summed E-state index contributed by atoms with van der Waals surface area (Å²) in [6.07, 6.45) is 2.18. The average molecular weight is 196 g/mol. The van der Waals surface area contributed by atoms with Gasteiger partial charge in [-0.2, -0.15) is 0 Å². The van der Waals surface area contributed by atoms with Crippen LogP contribution >= 0.6 is 0 Å². The van der Waals surface area contributed by atoms with Crippen LogP contribution in [0.3, 0.4) is 0 Å². The quantitative estimate of drug-likeness (QED) is 0.726. The van der Waals surface area contributed by atoms with Gasteiger partial charge in [0.05, 0.1) is 0 Å². The molecule has 3 N–H and O–H groups in total. The van der Waals surface area contributed by atoms with Gasteiger partial charge in [-0.1, -0.05) is 13.3 Å². The average Bonchev–Trinajstić information content (AvgIpc) is 2.01. The lowest BCUT2D eigenvalue weighted by Gasteiger charge is -2.14. The summed E-state index contributed by atoms with van der Waals surface area (Å²) in [5.41, 5.74) is 6.74. The Hall–Kier alpha value is -1.25. The second kappa shape index (κ2) is 4.84. The first kappa shape index (κ1) is 10.8. The summed E-state index contributed by atoms with van der Waals surface area (Å²) in [5.74, 6) is -0.295. The van der Waals surface area contributed by atoms with Crippen molar-refractivity contribution in [2.45, 2.75) is 32.7 Å². The molecule has 1 atom stereocenters. The van der Waals surface area contributed by atoms with Crippen LogP contribution in [-0.4, -0.2) is 6.04 Å². The van der Waals surface area contributed by atoms with Gasteiger partial charge in [0.25, 0.3) is 0 Å². The maximum absolute atomic E-state index is 12.9. The van der Waals surface area contributed by atoms with Gasteiger partial charge >= 0.3 is 0 Å². The number of nitrogens with two attached hydrogens (primary N) is 1. The summed E-state index contributed by atoms with van der Waals surface area (Å²) >= 11 is 0. The van der Waals surface area contributed by atoms with Crippen molar-refractivity contribution in [2.24, 2.45) is 0 Å². The molecule has 14 heavy (non-hydrogen) atoms. The highest BCUT2D eigenvalue weighted by Gasteiger charge is 2.02. The number of hydrogen-bond donors (Lipinski definition) is 2. The van der Waals surface area contributed by atoms with Crippen LogP contribution in [0, 0.1) is 5.82 Å². The molecule has 1 rings (SSSR count). The molecule has 0 aliphatic heterocycles. The second-order valence-electron chi connectivity index (χ2n) is 3.61. The normalized spacial score (nSPS) is 12.5. The molecule has 0 aliphatic rings. The van der Waals surface area contributed by atoms with Crippen molar-refractivity contribution in [3.63, 3.8) is 0 Å². The topological polar surface area (TPSA) is 38.0 Å². The van der Waals surface area contributed by atoms with Gasteiger partial charge in [-0.05, 0) is 31.5 Å². The van der Waals surface area contributed by atoms with Crippen LogP contribution in [0.15, 0.2) is 18.2 Å². The summed E-state index contributed by atoms with van der Waals surface area (Å²) < 4.78 is 12.9. The SMILES string of the molecule is CCCC(C)Nc1cc(N)cc(F)c1. The number of nitrogen functional groups attached to an aromatic ring is 1. The third-order valence-electron chi connectivity index (χ3n) is 2.05. The molecule has 0 aliphatic carbocycles. The molecule has 3 heteroatoms. The van der Waals surface area contributed by atoms with E-state index in [0.717, 1.165) is 18.5 Å². The zero-order valence-corrected chi connectivity index (χ0v) is 8.68. The van der Waals surface area contributed by atoms with Gasteiger partial charge in [0.2, 0.25) is 0 Å². The zero-order valence-electron chi connectivity index (χ0n) is 8.68. The van der Waals surface area contributed by atoms with Crippen molar-refractivity contribution >= 4 is 11.4 Å². The number of anilines is 2. The Balaban J connectivity index is 2.66.